The molecule has 1 aliphatic heterocycles. The average molecular weight is 482 g/mol. The van der Waals surface area contributed by atoms with Gasteiger partial charge in [-0.1, -0.05) is 6.42 Å². The zero-order valence-electron chi connectivity index (χ0n) is 18.4. The van der Waals surface area contributed by atoms with Gasteiger partial charge in [0.1, 0.15) is 28.5 Å². The molecule has 1 aliphatic carbocycles. The minimum absolute atomic E-state index is 0.0424. The fourth-order valence-corrected chi connectivity index (χ4v) is 5.31. The van der Waals surface area contributed by atoms with Crippen molar-refractivity contribution in [3.63, 3.8) is 0 Å². The molecule has 11 heteroatoms. The number of amides is 2. The molecule has 5 rings (SSSR count). The van der Waals surface area contributed by atoms with Crippen molar-refractivity contribution in [2.24, 2.45) is 0 Å². The lowest BCUT2D eigenvalue weighted by Gasteiger charge is -2.41. The van der Waals surface area contributed by atoms with E-state index in [1.807, 2.05) is 12.1 Å². The number of carbonyl (C=O) groups is 2. The van der Waals surface area contributed by atoms with E-state index in [2.05, 4.69) is 30.8 Å². The smallest absolute Gasteiger partial charge is 0.221 e. The summed E-state index contributed by atoms with van der Waals surface area (Å²) in [6.07, 6.45) is 7.66. The highest BCUT2D eigenvalue weighted by molar-refractivity contribution is 7.15. The van der Waals surface area contributed by atoms with Crippen LogP contribution in [0.1, 0.15) is 42.7 Å². The molecule has 0 spiro atoms. The van der Waals surface area contributed by atoms with Crippen LogP contribution in [0.5, 0.6) is 0 Å². The van der Waals surface area contributed by atoms with E-state index in [-0.39, 0.29) is 23.3 Å². The summed E-state index contributed by atoms with van der Waals surface area (Å²) in [6.45, 7) is 0.904. The number of nitrogens with one attached hydrogen (secondary N) is 2. The van der Waals surface area contributed by atoms with Crippen molar-refractivity contribution in [2.45, 2.75) is 50.2 Å². The van der Waals surface area contributed by atoms with Crippen molar-refractivity contribution in [3.05, 3.63) is 53.0 Å². The van der Waals surface area contributed by atoms with Gasteiger partial charge < -0.3 is 15.5 Å². The lowest BCUT2D eigenvalue weighted by atomic mass is 9.66. The molecule has 0 radical (unpaired) electrons. The van der Waals surface area contributed by atoms with E-state index in [0.717, 1.165) is 30.5 Å². The van der Waals surface area contributed by atoms with Crippen molar-refractivity contribution >= 4 is 29.5 Å². The van der Waals surface area contributed by atoms with Gasteiger partial charge in [0.15, 0.2) is 0 Å². The maximum Gasteiger partial charge on any atom is 0.221 e. The Kier molecular flexibility index (Phi) is 6.18. The molecular formula is C23H24FN7O2S. The summed E-state index contributed by atoms with van der Waals surface area (Å²) in [5.74, 6) is 0.292. The monoisotopic (exact) mass is 481 g/mol. The first-order chi connectivity index (χ1) is 16.6. The molecule has 2 aliphatic rings. The number of rotatable bonds is 9. The molecule has 3 aromatic heterocycles. The molecule has 9 nitrogen and oxygen atoms in total. The van der Waals surface area contributed by atoms with Crippen LogP contribution in [-0.2, 0) is 21.5 Å². The van der Waals surface area contributed by atoms with Gasteiger partial charge in [-0.25, -0.2) is 9.37 Å². The van der Waals surface area contributed by atoms with Crippen LogP contribution in [-0.4, -0.2) is 50.1 Å². The molecule has 1 saturated carbocycles. The largest absolute Gasteiger partial charge is 0.368 e. The lowest BCUT2D eigenvalue weighted by molar-refractivity contribution is -0.123. The Hall–Kier alpha value is -3.47. The zero-order valence-corrected chi connectivity index (χ0v) is 19.2. The number of carbonyl (C=O) groups excluding carboxylic acids is 2. The van der Waals surface area contributed by atoms with E-state index in [4.69, 9.17) is 0 Å². The van der Waals surface area contributed by atoms with Gasteiger partial charge >= 0.3 is 0 Å². The van der Waals surface area contributed by atoms with Crippen LogP contribution >= 0.6 is 11.3 Å². The molecule has 0 aromatic carbocycles. The maximum absolute atomic E-state index is 14.3. The number of anilines is 1. The van der Waals surface area contributed by atoms with Crippen LogP contribution in [0.3, 0.4) is 0 Å². The third-order valence-corrected chi connectivity index (χ3v) is 7.47. The molecule has 1 saturated heterocycles. The number of thiazole rings is 1. The van der Waals surface area contributed by atoms with Crippen molar-refractivity contribution in [1.82, 2.24) is 30.4 Å². The highest BCUT2D eigenvalue weighted by Gasteiger charge is 2.41. The van der Waals surface area contributed by atoms with Crippen LogP contribution in [0.2, 0.25) is 0 Å². The highest BCUT2D eigenvalue weighted by atomic mass is 32.1. The first kappa shape index (κ1) is 22.3. The summed E-state index contributed by atoms with van der Waals surface area (Å²) in [4.78, 5) is 34.1. The van der Waals surface area contributed by atoms with Gasteiger partial charge in [-0.2, -0.15) is 0 Å². The fourth-order valence-electron chi connectivity index (χ4n) is 4.42. The van der Waals surface area contributed by atoms with Gasteiger partial charge in [0, 0.05) is 35.7 Å². The topological polar surface area (TPSA) is 113 Å². The Balaban J connectivity index is 1.22. The summed E-state index contributed by atoms with van der Waals surface area (Å²) in [7, 11) is 0. The molecule has 1 atom stereocenters. The molecule has 176 valence electrons. The van der Waals surface area contributed by atoms with Crippen LogP contribution < -0.4 is 10.6 Å². The summed E-state index contributed by atoms with van der Waals surface area (Å²) in [5.41, 5.74) is 0.817. The van der Waals surface area contributed by atoms with E-state index in [1.54, 1.807) is 23.4 Å². The first-order valence-corrected chi connectivity index (χ1v) is 12.0. The number of hydrogen-bond acceptors (Lipinski definition) is 8. The molecule has 0 unspecified atom stereocenters. The van der Waals surface area contributed by atoms with Crippen molar-refractivity contribution in [3.8, 4) is 10.7 Å². The predicted octanol–water partition coefficient (Wildman–Crippen LogP) is 2.86. The molecule has 3 aromatic rings. The van der Waals surface area contributed by atoms with Crippen LogP contribution in [0, 0.1) is 5.82 Å². The number of nitrogens with zero attached hydrogens (tertiary/aromatic N) is 5. The third-order valence-electron chi connectivity index (χ3n) is 6.46. The van der Waals surface area contributed by atoms with E-state index >= 15 is 0 Å². The van der Waals surface area contributed by atoms with Crippen molar-refractivity contribution in [2.75, 3.05) is 11.9 Å². The Labute approximate surface area is 199 Å². The molecule has 2 fully saturated rings. The van der Waals surface area contributed by atoms with E-state index in [0.29, 0.717) is 48.1 Å². The highest BCUT2D eigenvalue weighted by Crippen LogP contribution is 2.43. The molecular weight excluding hydrogens is 457 g/mol. The lowest BCUT2D eigenvalue weighted by Crippen LogP contribution is -2.42. The molecule has 34 heavy (non-hydrogen) atoms. The number of hydrogen-bond donors (Lipinski definition) is 2. The SMILES string of the molecule is O=CN(Cc1cnc(-c2ccc(NCC3(c4ncccc4F)CCC3)nn2)s1)[C@H]1CCC(=O)N1. The van der Waals surface area contributed by atoms with Gasteiger partial charge in [0.25, 0.3) is 0 Å². The predicted molar refractivity (Wildman–Crippen MR) is 124 cm³/mol. The Morgan fingerprint density at radius 3 is 2.79 bits per heavy atom. The Morgan fingerprint density at radius 1 is 1.26 bits per heavy atom. The minimum Gasteiger partial charge on any atom is -0.368 e. The van der Waals surface area contributed by atoms with Crippen LogP contribution in [0.15, 0.2) is 36.7 Å². The number of aromatic nitrogens is 4. The first-order valence-electron chi connectivity index (χ1n) is 11.2. The van der Waals surface area contributed by atoms with E-state index in [1.165, 1.54) is 17.4 Å². The van der Waals surface area contributed by atoms with Crippen LogP contribution in [0.25, 0.3) is 10.7 Å². The third kappa shape index (κ3) is 4.47. The molecule has 4 heterocycles. The van der Waals surface area contributed by atoms with Gasteiger partial charge in [0.05, 0.1) is 12.2 Å². The maximum atomic E-state index is 14.3. The normalized spacial score (nSPS) is 18.7. The quantitative estimate of drug-likeness (QED) is 0.452. The standard InChI is InChI=1S/C23H24FN7O2S/c24-16-3-1-10-25-21(16)23(8-2-9-23)13-27-18-5-4-17(29-30-18)22-26-11-15(34-22)12-31(14-32)19-6-7-20(33)28-19/h1,3-5,10-11,14,19H,2,6-9,12-13H2,(H,27,30)(H,28,33)/t19-/m0/s1. The van der Waals surface area contributed by atoms with Crippen LogP contribution in [0.4, 0.5) is 10.2 Å². The Morgan fingerprint density at radius 2 is 2.15 bits per heavy atom. The summed E-state index contributed by atoms with van der Waals surface area (Å²) < 4.78 is 14.3. The zero-order chi connectivity index (χ0) is 23.5. The minimum atomic E-state index is -0.320. The van der Waals surface area contributed by atoms with Gasteiger partial charge in [-0.15, -0.1) is 21.5 Å². The van der Waals surface area contributed by atoms with Crippen molar-refractivity contribution < 1.29 is 14.0 Å². The second kappa shape index (κ2) is 9.41. The van der Waals surface area contributed by atoms with Gasteiger partial charge in [-0.05, 0) is 43.5 Å². The Bertz CT molecular complexity index is 1180. The fraction of sp³-hybridized carbons (Fsp3) is 0.391. The van der Waals surface area contributed by atoms with Crippen molar-refractivity contribution in [1.29, 1.82) is 0 Å². The average Bonchev–Trinajstić information content (AvgIpc) is 3.47. The molecule has 2 N–H and O–H groups in total. The molecule has 2 amide bonds. The van der Waals surface area contributed by atoms with E-state index in [9.17, 15) is 14.0 Å². The van der Waals surface area contributed by atoms with Gasteiger partial charge in [0.2, 0.25) is 12.3 Å². The summed E-state index contributed by atoms with van der Waals surface area (Å²) in [5, 5.41) is 15.3. The van der Waals surface area contributed by atoms with E-state index < -0.39 is 0 Å². The second-order valence-electron chi connectivity index (χ2n) is 8.66. The second-order valence-corrected chi connectivity index (χ2v) is 9.77. The molecule has 0 bridgehead atoms. The summed E-state index contributed by atoms with van der Waals surface area (Å²) in [6, 6.07) is 6.73. The van der Waals surface area contributed by atoms with Gasteiger partial charge in [-0.3, -0.25) is 14.6 Å². The summed E-state index contributed by atoms with van der Waals surface area (Å²) >= 11 is 1.43. The number of pyridine rings is 1. The number of halogens is 1.